The fraction of sp³-hybridized carbons (Fsp3) is 0.429. The third kappa shape index (κ3) is 4.77. The Morgan fingerprint density at radius 3 is 2.52 bits per heavy atom. The van der Waals surface area contributed by atoms with Crippen LogP contribution in [0.1, 0.15) is 25.5 Å². The molecule has 0 unspecified atom stereocenters. The summed E-state index contributed by atoms with van der Waals surface area (Å²) in [5, 5.41) is 5.44. The molecule has 0 aliphatic carbocycles. The van der Waals surface area contributed by atoms with Gasteiger partial charge in [0, 0.05) is 26.2 Å². The van der Waals surface area contributed by atoms with Gasteiger partial charge in [-0.2, -0.15) is 0 Å². The summed E-state index contributed by atoms with van der Waals surface area (Å²) in [6, 6.07) is 14.3. The molecule has 3 rings (SSSR count). The van der Waals surface area contributed by atoms with E-state index in [1.807, 2.05) is 25.1 Å². The Morgan fingerprint density at radius 2 is 1.78 bits per heavy atom. The van der Waals surface area contributed by atoms with Crippen LogP contribution in [0.15, 0.2) is 42.5 Å². The highest BCUT2D eigenvalue weighted by Crippen LogP contribution is 2.24. The highest BCUT2D eigenvalue weighted by atomic mass is 16.6. The zero-order chi connectivity index (χ0) is 19.2. The van der Waals surface area contributed by atoms with Crippen LogP contribution in [-0.4, -0.2) is 61.1 Å². The Morgan fingerprint density at radius 1 is 1.07 bits per heavy atom. The summed E-state index contributed by atoms with van der Waals surface area (Å²) < 4.78 is 5.02. The minimum Gasteiger partial charge on any atom is -0.450 e. The molecule has 1 heterocycles. The Bertz CT molecular complexity index is 795. The second kappa shape index (κ2) is 8.86. The Labute approximate surface area is 160 Å². The molecule has 0 saturated carbocycles. The van der Waals surface area contributed by atoms with Crippen molar-refractivity contribution < 1.29 is 14.3 Å². The van der Waals surface area contributed by atoms with Crippen molar-refractivity contribution in [3.05, 3.63) is 48.0 Å². The molecule has 0 bridgehead atoms. The van der Waals surface area contributed by atoms with Gasteiger partial charge in [0.1, 0.15) is 0 Å². The summed E-state index contributed by atoms with van der Waals surface area (Å²) >= 11 is 0. The number of hydrogen-bond donors (Lipinski definition) is 1. The summed E-state index contributed by atoms with van der Waals surface area (Å²) in [6.07, 6.45) is -0.272. The van der Waals surface area contributed by atoms with Crippen LogP contribution >= 0.6 is 0 Å². The second-order valence-corrected chi connectivity index (χ2v) is 6.82. The molecule has 1 aliphatic heterocycles. The van der Waals surface area contributed by atoms with Crippen LogP contribution in [0.2, 0.25) is 0 Å². The van der Waals surface area contributed by atoms with Gasteiger partial charge >= 0.3 is 6.09 Å². The number of rotatable bonds is 5. The highest BCUT2D eigenvalue weighted by molar-refractivity contribution is 5.87. The fourth-order valence-electron chi connectivity index (χ4n) is 3.50. The molecule has 27 heavy (non-hydrogen) atoms. The quantitative estimate of drug-likeness (QED) is 0.880. The Kier molecular flexibility index (Phi) is 6.29. The van der Waals surface area contributed by atoms with Crippen LogP contribution in [0.5, 0.6) is 0 Å². The Hall–Kier alpha value is -2.60. The molecule has 1 saturated heterocycles. The second-order valence-electron chi connectivity index (χ2n) is 6.82. The molecule has 144 valence electrons. The maximum atomic E-state index is 12.5. The molecule has 6 heteroatoms. The van der Waals surface area contributed by atoms with E-state index in [4.69, 9.17) is 4.74 Å². The van der Waals surface area contributed by atoms with Crippen molar-refractivity contribution >= 4 is 22.8 Å². The molecule has 6 nitrogen and oxygen atoms in total. The minimum atomic E-state index is -0.272. The first-order valence-corrected chi connectivity index (χ1v) is 9.49. The standard InChI is InChI=1S/C21H27N3O3/c1-3-27-21(26)24-13-11-23(12-14-24)15-20(25)22-16(2)18-10-6-8-17-7-4-5-9-19(17)18/h4-10,16H,3,11-15H2,1-2H3,(H,22,25)/t16-/m0/s1. The third-order valence-electron chi connectivity index (χ3n) is 4.93. The minimum absolute atomic E-state index is 0.0000175. The van der Waals surface area contributed by atoms with E-state index in [1.165, 1.54) is 5.39 Å². The molecule has 2 aromatic carbocycles. The molecule has 0 aromatic heterocycles. The van der Waals surface area contributed by atoms with Gasteiger partial charge in [0.15, 0.2) is 0 Å². The third-order valence-corrected chi connectivity index (χ3v) is 4.93. The van der Waals surface area contributed by atoms with Crippen molar-refractivity contribution in [2.24, 2.45) is 0 Å². The predicted molar refractivity (Wildman–Crippen MR) is 106 cm³/mol. The van der Waals surface area contributed by atoms with Gasteiger partial charge in [-0.15, -0.1) is 0 Å². The first-order chi connectivity index (χ1) is 13.1. The van der Waals surface area contributed by atoms with Crippen LogP contribution in [-0.2, 0) is 9.53 Å². The van der Waals surface area contributed by atoms with Crippen molar-refractivity contribution in [2.45, 2.75) is 19.9 Å². The van der Waals surface area contributed by atoms with Crippen molar-refractivity contribution in [3.8, 4) is 0 Å². The van der Waals surface area contributed by atoms with Crippen molar-refractivity contribution in [1.82, 2.24) is 15.1 Å². The fourth-order valence-corrected chi connectivity index (χ4v) is 3.50. The number of hydrogen-bond acceptors (Lipinski definition) is 4. The van der Waals surface area contributed by atoms with E-state index >= 15 is 0 Å². The molecule has 1 N–H and O–H groups in total. The average molecular weight is 369 g/mol. The molecule has 0 radical (unpaired) electrons. The normalized spacial score (nSPS) is 16.1. The monoisotopic (exact) mass is 369 g/mol. The first-order valence-electron chi connectivity index (χ1n) is 9.49. The molecule has 0 spiro atoms. The zero-order valence-corrected chi connectivity index (χ0v) is 16.0. The molecule has 1 atom stereocenters. The van der Waals surface area contributed by atoms with Crippen LogP contribution in [0.3, 0.4) is 0 Å². The van der Waals surface area contributed by atoms with Gasteiger partial charge in [-0.25, -0.2) is 4.79 Å². The maximum absolute atomic E-state index is 12.5. The van der Waals surface area contributed by atoms with Gasteiger partial charge in [-0.1, -0.05) is 42.5 Å². The van der Waals surface area contributed by atoms with Gasteiger partial charge < -0.3 is 15.0 Å². The lowest BCUT2D eigenvalue weighted by atomic mass is 10.00. The average Bonchev–Trinajstić information content (AvgIpc) is 2.68. The van der Waals surface area contributed by atoms with Crippen LogP contribution in [0.25, 0.3) is 10.8 Å². The SMILES string of the molecule is CCOC(=O)N1CCN(CC(=O)N[C@@H](C)c2cccc3ccccc23)CC1. The van der Waals surface area contributed by atoms with E-state index in [9.17, 15) is 9.59 Å². The number of nitrogens with one attached hydrogen (secondary N) is 1. The van der Waals surface area contributed by atoms with E-state index in [0.29, 0.717) is 39.3 Å². The lowest BCUT2D eigenvalue weighted by molar-refractivity contribution is -0.123. The largest absolute Gasteiger partial charge is 0.450 e. The summed E-state index contributed by atoms with van der Waals surface area (Å²) in [6.45, 7) is 7.06. The molecule has 2 amide bonds. The summed E-state index contributed by atoms with van der Waals surface area (Å²) in [4.78, 5) is 28.0. The number of carbonyl (C=O) groups is 2. The molecular weight excluding hydrogens is 342 g/mol. The van der Waals surface area contributed by atoms with E-state index < -0.39 is 0 Å². The lowest BCUT2D eigenvalue weighted by Crippen LogP contribution is -2.51. The van der Waals surface area contributed by atoms with Gasteiger partial charge in [0.2, 0.25) is 5.91 Å². The van der Waals surface area contributed by atoms with Crippen LogP contribution in [0.4, 0.5) is 4.79 Å². The number of benzene rings is 2. The van der Waals surface area contributed by atoms with Gasteiger partial charge in [0.05, 0.1) is 19.2 Å². The van der Waals surface area contributed by atoms with Crippen molar-refractivity contribution in [2.75, 3.05) is 39.3 Å². The topological polar surface area (TPSA) is 61.9 Å². The first kappa shape index (κ1) is 19.2. The summed E-state index contributed by atoms with van der Waals surface area (Å²) in [7, 11) is 0. The predicted octanol–water partition coefficient (Wildman–Crippen LogP) is 2.79. The maximum Gasteiger partial charge on any atom is 0.409 e. The summed E-state index contributed by atoms with van der Waals surface area (Å²) in [5.41, 5.74) is 1.12. The van der Waals surface area contributed by atoms with Gasteiger partial charge in [0.25, 0.3) is 0 Å². The smallest absolute Gasteiger partial charge is 0.409 e. The highest BCUT2D eigenvalue weighted by Gasteiger charge is 2.23. The van der Waals surface area contributed by atoms with Crippen molar-refractivity contribution in [3.63, 3.8) is 0 Å². The van der Waals surface area contributed by atoms with E-state index in [1.54, 1.807) is 11.8 Å². The van der Waals surface area contributed by atoms with E-state index in [0.717, 1.165) is 10.9 Å². The van der Waals surface area contributed by atoms with Crippen molar-refractivity contribution in [1.29, 1.82) is 0 Å². The zero-order valence-electron chi connectivity index (χ0n) is 16.0. The molecule has 1 aliphatic rings. The number of ether oxygens (including phenoxy) is 1. The lowest BCUT2D eigenvalue weighted by Gasteiger charge is -2.33. The number of amides is 2. The van der Waals surface area contributed by atoms with E-state index in [2.05, 4.69) is 34.5 Å². The number of fused-ring (bicyclic) bond motifs is 1. The molecular formula is C21H27N3O3. The number of nitrogens with zero attached hydrogens (tertiary/aromatic N) is 2. The number of piperazine rings is 1. The van der Waals surface area contributed by atoms with Gasteiger partial charge in [-0.05, 0) is 30.2 Å². The molecule has 2 aromatic rings. The Balaban J connectivity index is 1.53. The van der Waals surface area contributed by atoms with Crippen LogP contribution in [0, 0.1) is 0 Å². The molecule has 1 fully saturated rings. The van der Waals surface area contributed by atoms with E-state index in [-0.39, 0.29) is 18.0 Å². The summed E-state index contributed by atoms with van der Waals surface area (Å²) in [5.74, 6) is 0.0000175. The van der Waals surface area contributed by atoms with Gasteiger partial charge in [-0.3, -0.25) is 9.69 Å². The number of carbonyl (C=O) groups excluding carboxylic acids is 2. The van der Waals surface area contributed by atoms with Crippen LogP contribution < -0.4 is 5.32 Å².